The molecule has 0 aliphatic carbocycles. The first kappa shape index (κ1) is 20.4. The van der Waals surface area contributed by atoms with Gasteiger partial charge in [0.15, 0.2) is 0 Å². The first-order valence-electron chi connectivity index (χ1n) is 11.7. The lowest BCUT2D eigenvalue weighted by atomic mass is 9.89. The molecule has 2 aromatic carbocycles. The zero-order valence-electron chi connectivity index (χ0n) is 18.8. The van der Waals surface area contributed by atoms with Gasteiger partial charge in [-0.25, -0.2) is 4.79 Å². The number of rotatable bonds is 3. The molecule has 0 unspecified atom stereocenters. The van der Waals surface area contributed by atoms with Gasteiger partial charge in [0.2, 0.25) is 0 Å². The summed E-state index contributed by atoms with van der Waals surface area (Å²) in [6, 6.07) is 18.0. The van der Waals surface area contributed by atoms with E-state index in [9.17, 15) is 4.79 Å². The molecule has 3 aliphatic rings. The van der Waals surface area contributed by atoms with Crippen molar-refractivity contribution in [3.63, 3.8) is 0 Å². The second kappa shape index (κ2) is 8.54. The van der Waals surface area contributed by atoms with E-state index in [2.05, 4.69) is 77.6 Å². The van der Waals surface area contributed by atoms with E-state index in [-0.39, 0.29) is 6.03 Å². The number of fused-ring (bicyclic) bond motifs is 1. The van der Waals surface area contributed by atoms with Crippen molar-refractivity contribution in [1.82, 2.24) is 9.80 Å². The van der Waals surface area contributed by atoms with E-state index in [4.69, 9.17) is 0 Å². The Kier molecular flexibility index (Phi) is 5.61. The number of urea groups is 1. The number of nitrogens with zero attached hydrogens (tertiary/aromatic N) is 3. The van der Waals surface area contributed by atoms with E-state index in [1.54, 1.807) is 0 Å². The van der Waals surface area contributed by atoms with Crippen molar-refractivity contribution in [3.05, 3.63) is 59.7 Å². The molecule has 0 bridgehead atoms. The summed E-state index contributed by atoms with van der Waals surface area (Å²) in [5, 5.41) is 3.11. The Morgan fingerprint density at radius 2 is 1.61 bits per heavy atom. The Hall–Kier alpha value is -2.53. The minimum atomic E-state index is 0.0220. The predicted octanol–water partition coefficient (Wildman–Crippen LogP) is 4.55. The van der Waals surface area contributed by atoms with Crippen LogP contribution >= 0.6 is 0 Å². The number of anilines is 2. The highest BCUT2D eigenvalue weighted by molar-refractivity contribution is 5.89. The van der Waals surface area contributed by atoms with E-state index >= 15 is 0 Å². The van der Waals surface area contributed by atoms with Crippen LogP contribution in [0.2, 0.25) is 0 Å². The molecule has 1 N–H and O–H groups in total. The predicted molar refractivity (Wildman–Crippen MR) is 127 cm³/mol. The van der Waals surface area contributed by atoms with Gasteiger partial charge in [0.05, 0.1) is 0 Å². The van der Waals surface area contributed by atoms with E-state index < -0.39 is 0 Å². The van der Waals surface area contributed by atoms with Gasteiger partial charge in [-0.05, 0) is 74.9 Å². The SMILES string of the molecule is Cc1ccc(C2CCN(C(=O)Nc3ccc(N4CC[C@@H]5CN(C)C[C@@H]54)cc3)CC2)cc1. The summed E-state index contributed by atoms with van der Waals surface area (Å²) in [7, 11) is 2.22. The number of likely N-dealkylation sites (tertiary alicyclic amines) is 2. The molecule has 5 nitrogen and oxygen atoms in total. The highest BCUT2D eigenvalue weighted by Crippen LogP contribution is 2.35. The Morgan fingerprint density at radius 3 is 2.32 bits per heavy atom. The number of carbonyl (C=O) groups excluding carboxylic acids is 1. The molecule has 3 heterocycles. The van der Waals surface area contributed by atoms with Crippen molar-refractivity contribution in [1.29, 1.82) is 0 Å². The number of nitrogens with one attached hydrogen (secondary N) is 1. The Balaban J connectivity index is 1.15. The van der Waals surface area contributed by atoms with Crippen LogP contribution in [0.1, 0.15) is 36.3 Å². The maximum atomic E-state index is 12.8. The number of likely N-dealkylation sites (N-methyl/N-ethyl adjacent to an activating group) is 1. The molecule has 5 heteroatoms. The number of aryl methyl sites for hydroxylation is 1. The van der Waals surface area contributed by atoms with Gasteiger partial charge in [-0.1, -0.05) is 29.8 Å². The van der Waals surface area contributed by atoms with E-state index in [0.29, 0.717) is 12.0 Å². The van der Waals surface area contributed by atoms with Crippen molar-refractivity contribution in [2.45, 2.75) is 38.1 Å². The lowest BCUT2D eigenvalue weighted by molar-refractivity contribution is 0.194. The van der Waals surface area contributed by atoms with Crippen LogP contribution in [0.5, 0.6) is 0 Å². The first-order valence-corrected chi connectivity index (χ1v) is 11.7. The first-order chi connectivity index (χ1) is 15.1. The molecular weight excluding hydrogens is 384 g/mol. The molecule has 2 aromatic rings. The van der Waals surface area contributed by atoms with Gasteiger partial charge < -0.3 is 20.0 Å². The molecule has 5 rings (SSSR count). The average Bonchev–Trinajstić information content (AvgIpc) is 3.34. The third kappa shape index (κ3) is 4.29. The van der Waals surface area contributed by atoms with E-state index in [0.717, 1.165) is 50.6 Å². The molecule has 3 aliphatic heterocycles. The smallest absolute Gasteiger partial charge is 0.321 e. The minimum Gasteiger partial charge on any atom is -0.367 e. The Bertz CT molecular complexity index is 902. The monoisotopic (exact) mass is 418 g/mol. The molecule has 164 valence electrons. The zero-order valence-corrected chi connectivity index (χ0v) is 18.8. The van der Waals surface area contributed by atoms with Gasteiger partial charge in [-0.15, -0.1) is 0 Å². The number of amides is 2. The van der Waals surface area contributed by atoms with Crippen molar-refractivity contribution in [3.8, 4) is 0 Å². The summed E-state index contributed by atoms with van der Waals surface area (Å²) in [5.74, 6) is 1.36. The minimum absolute atomic E-state index is 0.0220. The van der Waals surface area contributed by atoms with Crippen LogP contribution in [-0.4, -0.2) is 61.6 Å². The standard InChI is InChI=1S/C26H34N4O/c1-19-3-5-20(6-4-19)21-11-14-29(15-12-21)26(31)27-23-7-9-24(10-8-23)30-16-13-22-17-28(2)18-25(22)30/h3-10,21-22,25H,11-18H2,1-2H3,(H,27,31)/t22-,25+/m1/s1. The molecule has 2 amide bonds. The number of benzene rings is 2. The van der Waals surface area contributed by atoms with Gasteiger partial charge in [-0.3, -0.25) is 0 Å². The zero-order chi connectivity index (χ0) is 21.4. The number of carbonyl (C=O) groups is 1. The summed E-state index contributed by atoms with van der Waals surface area (Å²) in [5.41, 5.74) is 4.86. The van der Waals surface area contributed by atoms with Crippen molar-refractivity contribution >= 4 is 17.4 Å². The summed E-state index contributed by atoms with van der Waals surface area (Å²) in [6.45, 7) is 7.26. The molecule has 3 saturated heterocycles. The summed E-state index contributed by atoms with van der Waals surface area (Å²) < 4.78 is 0. The van der Waals surface area contributed by atoms with Crippen LogP contribution in [0.4, 0.5) is 16.2 Å². The average molecular weight is 419 g/mol. The lowest BCUT2D eigenvalue weighted by Crippen LogP contribution is -2.40. The van der Waals surface area contributed by atoms with Crippen LogP contribution < -0.4 is 10.2 Å². The summed E-state index contributed by atoms with van der Waals surface area (Å²) >= 11 is 0. The molecule has 2 atom stereocenters. The fourth-order valence-corrected chi connectivity index (χ4v) is 5.69. The Labute approximate surface area is 186 Å². The molecular formula is C26H34N4O. The van der Waals surface area contributed by atoms with Gasteiger partial charge in [-0.2, -0.15) is 0 Å². The molecule has 3 fully saturated rings. The van der Waals surface area contributed by atoms with E-state index in [1.165, 1.54) is 29.8 Å². The third-order valence-electron chi connectivity index (χ3n) is 7.51. The van der Waals surface area contributed by atoms with Crippen molar-refractivity contribution in [2.75, 3.05) is 50.0 Å². The highest BCUT2D eigenvalue weighted by Gasteiger charge is 2.39. The topological polar surface area (TPSA) is 38.8 Å². The lowest BCUT2D eigenvalue weighted by Gasteiger charge is -2.32. The molecule has 31 heavy (non-hydrogen) atoms. The van der Waals surface area contributed by atoms with Gasteiger partial charge >= 0.3 is 6.03 Å². The third-order valence-corrected chi connectivity index (χ3v) is 7.51. The van der Waals surface area contributed by atoms with Crippen molar-refractivity contribution < 1.29 is 4.79 Å². The largest absolute Gasteiger partial charge is 0.367 e. The maximum Gasteiger partial charge on any atom is 0.321 e. The van der Waals surface area contributed by atoms with Crippen LogP contribution in [0.25, 0.3) is 0 Å². The molecule has 0 aromatic heterocycles. The van der Waals surface area contributed by atoms with E-state index in [1.807, 2.05) is 4.90 Å². The normalized spacial score (nSPS) is 24.5. The Morgan fingerprint density at radius 1 is 0.903 bits per heavy atom. The number of piperidine rings is 1. The molecule has 0 spiro atoms. The number of hydrogen-bond acceptors (Lipinski definition) is 3. The maximum absolute atomic E-state index is 12.8. The van der Waals surface area contributed by atoms with Crippen LogP contribution in [0.15, 0.2) is 48.5 Å². The fourth-order valence-electron chi connectivity index (χ4n) is 5.69. The molecule has 0 saturated carbocycles. The highest BCUT2D eigenvalue weighted by atomic mass is 16.2. The van der Waals surface area contributed by atoms with Crippen LogP contribution in [0.3, 0.4) is 0 Å². The van der Waals surface area contributed by atoms with Gasteiger partial charge in [0.25, 0.3) is 0 Å². The second-order valence-corrected chi connectivity index (χ2v) is 9.68. The number of hydrogen-bond donors (Lipinski definition) is 1. The second-order valence-electron chi connectivity index (χ2n) is 9.68. The molecule has 0 radical (unpaired) electrons. The van der Waals surface area contributed by atoms with Gasteiger partial charge in [0, 0.05) is 50.1 Å². The quantitative estimate of drug-likeness (QED) is 0.795. The fraction of sp³-hybridized carbons (Fsp3) is 0.500. The van der Waals surface area contributed by atoms with Gasteiger partial charge in [0.1, 0.15) is 0 Å². The van der Waals surface area contributed by atoms with Crippen molar-refractivity contribution in [2.24, 2.45) is 5.92 Å². The van der Waals surface area contributed by atoms with Crippen LogP contribution in [0, 0.1) is 12.8 Å². The summed E-state index contributed by atoms with van der Waals surface area (Å²) in [4.78, 5) is 19.7. The summed E-state index contributed by atoms with van der Waals surface area (Å²) in [6.07, 6.45) is 3.34. The van der Waals surface area contributed by atoms with Crippen LogP contribution in [-0.2, 0) is 0 Å².